The van der Waals surface area contributed by atoms with Crippen molar-refractivity contribution in [3.63, 3.8) is 0 Å². The molecule has 2 aromatic heterocycles. The zero-order valence-electron chi connectivity index (χ0n) is 15.5. The first-order valence-corrected chi connectivity index (χ1v) is 10.4. The minimum absolute atomic E-state index is 0.0755. The third-order valence-electron chi connectivity index (χ3n) is 4.63. The van der Waals surface area contributed by atoms with Gasteiger partial charge in [-0.1, -0.05) is 16.9 Å². The van der Waals surface area contributed by atoms with E-state index in [1.807, 2.05) is 0 Å². The maximum Gasteiger partial charge on any atom is 0.353 e. The molecule has 5 N–H and O–H groups in total. The number of amides is 2. The smallest absolute Gasteiger partial charge is 0.353 e. The van der Waals surface area contributed by atoms with Crippen molar-refractivity contribution < 1.29 is 24.7 Å². The summed E-state index contributed by atoms with van der Waals surface area (Å²) in [4.78, 5) is 42.5. The second-order valence-electron chi connectivity index (χ2n) is 6.41. The highest BCUT2D eigenvalue weighted by Gasteiger charge is 2.54. The second-order valence-corrected chi connectivity index (χ2v) is 8.31. The number of hydrogen-bond donors (Lipinski definition) is 4. The van der Waals surface area contributed by atoms with E-state index < -0.39 is 35.6 Å². The Hall–Kier alpha value is -3.59. The Bertz CT molecular complexity index is 1120. The summed E-state index contributed by atoms with van der Waals surface area (Å²) in [5.41, 5.74) is 4.83. The number of allylic oxidation sites excluding steroid dienone is 1. The van der Waals surface area contributed by atoms with Crippen LogP contribution in [-0.2, 0) is 14.4 Å². The molecule has 31 heavy (non-hydrogen) atoms. The summed E-state index contributed by atoms with van der Waals surface area (Å²) in [6.45, 7) is 0. The van der Waals surface area contributed by atoms with Crippen LogP contribution in [0, 0.1) is 0 Å². The minimum atomic E-state index is -1.26. The van der Waals surface area contributed by atoms with Gasteiger partial charge in [0, 0.05) is 22.6 Å². The van der Waals surface area contributed by atoms with Crippen LogP contribution >= 0.6 is 23.3 Å². The Morgan fingerprint density at radius 1 is 1.42 bits per heavy atom. The number of anilines is 1. The average molecular weight is 462 g/mol. The summed E-state index contributed by atoms with van der Waals surface area (Å²) in [6, 6.07) is 1.83. The van der Waals surface area contributed by atoms with Crippen LogP contribution in [0.1, 0.15) is 18.7 Å². The highest BCUT2D eigenvalue weighted by molar-refractivity contribution is 8.03. The molecule has 0 spiro atoms. The van der Waals surface area contributed by atoms with Crippen molar-refractivity contribution in [1.29, 1.82) is 0 Å². The fourth-order valence-electron chi connectivity index (χ4n) is 3.33. The topological polar surface area (TPSA) is 197 Å². The maximum absolute atomic E-state index is 12.7. The number of nitrogen functional groups attached to an aromatic ring is 1. The zero-order chi connectivity index (χ0) is 22.1. The molecule has 0 bridgehead atoms. The normalized spacial score (nSPS) is 20.8. The van der Waals surface area contributed by atoms with Gasteiger partial charge >= 0.3 is 5.97 Å². The fourth-order valence-corrected chi connectivity index (χ4v) is 4.75. The molecule has 2 amide bonds. The van der Waals surface area contributed by atoms with Crippen molar-refractivity contribution in [1.82, 2.24) is 29.8 Å². The summed E-state index contributed by atoms with van der Waals surface area (Å²) in [5.74, 6) is -2.90. The first-order valence-electron chi connectivity index (χ1n) is 8.78. The summed E-state index contributed by atoms with van der Waals surface area (Å²) in [5, 5.41) is 32.5. The van der Waals surface area contributed by atoms with Gasteiger partial charge in [-0.25, -0.2) is 4.79 Å². The summed E-state index contributed by atoms with van der Waals surface area (Å²) < 4.78 is 3.80. The van der Waals surface area contributed by atoms with E-state index in [9.17, 15) is 19.5 Å². The number of thioether (sulfide) groups is 1. The number of nitrogens with two attached hydrogens (primary N) is 1. The van der Waals surface area contributed by atoms with Gasteiger partial charge in [0.05, 0.1) is 6.04 Å². The van der Waals surface area contributed by atoms with Crippen LogP contribution in [0.3, 0.4) is 0 Å². The van der Waals surface area contributed by atoms with Gasteiger partial charge in [0.2, 0.25) is 11.5 Å². The maximum atomic E-state index is 12.7. The summed E-state index contributed by atoms with van der Waals surface area (Å²) >= 11 is 1.94. The number of aromatic nitrogens is 4. The van der Waals surface area contributed by atoms with E-state index in [0.29, 0.717) is 22.8 Å². The number of nitrogens with zero attached hydrogens (tertiary/aromatic N) is 6. The zero-order valence-corrected chi connectivity index (χ0v) is 17.1. The number of β-lactam (4-membered cyclic amide) rings is 1. The number of carbonyl (C=O) groups excluding carboxylic acids is 2. The Labute approximate surface area is 182 Å². The van der Waals surface area contributed by atoms with Gasteiger partial charge in [-0.3, -0.25) is 14.5 Å². The van der Waals surface area contributed by atoms with Gasteiger partial charge in [-0.2, -0.15) is 14.5 Å². The van der Waals surface area contributed by atoms with E-state index in [-0.39, 0.29) is 16.7 Å². The minimum Gasteiger partial charge on any atom is -0.477 e. The number of carboxylic acids is 1. The van der Waals surface area contributed by atoms with E-state index in [1.54, 1.807) is 12.1 Å². The molecule has 15 heteroatoms. The van der Waals surface area contributed by atoms with Crippen LogP contribution in [0.25, 0.3) is 0 Å². The second kappa shape index (κ2) is 8.27. The lowest BCUT2D eigenvalue weighted by Gasteiger charge is -2.50. The number of oxime groups is 1. The van der Waals surface area contributed by atoms with Crippen LogP contribution in [0.2, 0.25) is 0 Å². The molecule has 0 radical (unpaired) electrons. The molecule has 0 aliphatic carbocycles. The molecule has 1 saturated heterocycles. The number of hydrogen-bond acceptors (Lipinski definition) is 12. The van der Waals surface area contributed by atoms with Crippen LogP contribution in [0.4, 0.5) is 5.13 Å². The molecule has 4 heterocycles. The molecule has 13 nitrogen and oxygen atoms in total. The van der Waals surface area contributed by atoms with Crippen LogP contribution in [0.5, 0.6) is 0 Å². The number of carboxylic acid groups (broad SMARTS) is 1. The van der Waals surface area contributed by atoms with Gasteiger partial charge in [0.15, 0.2) is 5.13 Å². The molecule has 2 aromatic rings. The molecule has 4 rings (SSSR count). The average Bonchev–Trinajstić information content (AvgIpc) is 3.18. The lowest BCUT2D eigenvalue weighted by Crippen LogP contribution is -2.72. The molecule has 1 fully saturated rings. The third kappa shape index (κ3) is 3.79. The van der Waals surface area contributed by atoms with Crippen molar-refractivity contribution in [2.45, 2.75) is 30.0 Å². The van der Waals surface area contributed by atoms with Gasteiger partial charge in [0.25, 0.3) is 11.8 Å². The van der Waals surface area contributed by atoms with Gasteiger partial charge in [-0.15, -0.1) is 5.10 Å². The molecule has 1 unspecified atom stereocenters. The lowest BCUT2D eigenvalue weighted by atomic mass is 9.86. The Morgan fingerprint density at radius 2 is 2.23 bits per heavy atom. The first-order chi connectivity index (χ1) is 14.9. The lowest BCUT2D eigenvalue weighted by molar-refractivity contribution is -0.155. The summed E-state index contributed by atoms with van der Waals surface area (Å²) in [6.07, 6.45) is 2.29. The Morgan fingerprint density at radius 3 is 2.84 bits per heavy atom. The van der Waals surface area contributed by atoms with Crippen molar-refractivity contribution in [3.8, 4) is 0 Å². The highest BCUT2D eigenvalue weighted by Crippen LogP contribution is 2.42. The standard InChI is InChI=1S/C16H14N8O5S2/c17-16-20-12(23-31-16)10(22-29)13(25)19-9-6-3-4-7(30-8-2-1-5-18-21-8)11(15(27)28)24(6)14(9)26/h1-2,5-6,9,29H,3-4H2,(H,19,25)(H,27,28)(H2,17,20,23)/b22-10-/t6?,9-/m0/s1. The quantitative estimate of drug-likeness (QED) is 0.190. The van der Waals surface area contributed by atoms with Crippen LogP contribution in [0.15, 0.2) is 39.1 Å². The fraction of sp³-hybridized carbons (Fsp3) is 0.250. The number of nitrogens with one attached hydrogen (secondary N) is 1. The van der Waals surface area contributed by atoms with E-state index in [4.69, 9.17) is 10.9 Å². The molecule has 2 aliphatic rings. The highest BCUT2D eigenvalue weighted by atomic mass is 32.2. The van der Waals surface area contributed by atoms with Crippen molar-refractivity contribution in [3.05, 3.63) is 34.8 Å². The van der Waals surface area contributed by atoms with E-state index >= 15 is 0 Å². The predicted molar refractivity (Wildman–Crippen MR) is 107 cm³/mol. The number of rotatable bonds is 6. The van der Waals surface area contributed by atoms with Crippen molar-refractivity contribution in [2.24, 2.45) is 5.16 Å². The predicted octanol–water partition coefficient (Wildman–Crippen LogP) is -0.333. The molecular weight excluding hydrogens is 448 g/mol. The number of aliphatic carboxylic acids is 1. The van der Waals surface area contributed by atoms with E-state index in [1.165, 1.54) is 6.20 Å². The van der Waals surface area contributed by atoms with Gasteiger partial charge in [0.1, 0.15) is 16.8 Å². The Kier molecular flexibility index (Phi) is 5.51. The van der Waals surface area contributed by atoms with Crippen molar-refractivity contribution >= 4 is 51.9 Å². The van der Waals surface area contributed by atoms with Crippen LogP contribution < -0.4 is 11.1 Å². The molecule has 160 valence electrons. The number of fused-ring (bicyclic) bond motifs is 1. The SMILES string of the molecule is Nc1nc(/C(=N/O)C(=O)N[C@@H]2C(=O)N3C(C(=O)O)=C(Sc4cccnn4)CCC23)ns1. The largest absolute Gasteiger partial charge is 0.477 e. The molecule has 2 atom stereocenters. The van der Waals surface area contributed by atoms with E-state index in [2.05, 4.69) is 30.0 Å². The summed E-state index contributed by atoms with van der Waals surface area (Å²) in [7, 11) is 0. The van der Waals surface area contributed by atoms with Crippen LogP contribution in [-0.4, -0.2) is 70.3 Å². The van der Waals surface area contributed by atoms with Gasteiger partial charge < -0.3 is 21.4 Å². The van der Waals surface area contributed by atoms with Gasteiger partial charge in [-0.05, 0) is 25.0 Å². The molecule has 0 aromatic carbocycles. The number of carbonyl (C=O) groups is 3. The van der Waals surface area contributed by atoms with E-state index in [0.717, 1.165) is 28.2 Å². The van der Waals surface area contributed by atoms with Crippen molar-refractivity contribution in [2.75, 3.05) is 5.73 Å². The third-order valence-corrected chi connectivity index (χ3v) is 6.24. The molecule has 0 saturated carbocycles. The monoisotopic (exact) mass is 462 g/mol. The Balaban J connectivity index is 1.52. The molecular formula is C16H14N8O5S2. The molecule has 2 aliphatic heterocycles. The first kappa shape index (κ1) is 20.7.